The minimum atomic E-state index is -4.33. The van der Waals surface area contributed by atoms with Crippen LogP contribution in [0.25, 0.3) is 10.6 Å². The number of rotatable bonds is 3. The van der Waals surface area contributed by atoms with Gasteiger partial charge in [0.1, 0.15) is 5.01 Å². The fraction of sp³-hybridized carbons (Fsp3) is 0.143. The van der Waals surface area contributed by atoms with Crippen molar-refractivity contribution >= 4 is 22.9 Å². The summed E-state index contributed by atoms with van der Waals surface area (Å²) in [6.07, 6.45) is -1.12. The zero-order valence-corrected chi connectivity index (χ0v) is 12.6. The summed E-state index contributed by atoms with van der Waals surface area (Å²) in [4.78, 5) is 4.41. The Bertz CT molecular complexity index is 777. The molecule has 2 heterocycles. The van der Waals surface area contributed by atoms with Gasteiger partial charge >= 0.3 is 6.18 Å². The molecule has 114 valence electrons. The van der Waals surface area contributed by atoms with Crippen molar-refractivity contribution in [1.29, 1.82) is 0 Å². The molecule has 0 saturated heterocycles. The van der Waals surface area contributed by atoms with Crippen LogP contribution in [0.15, 0.2) is 42.0 Å². The maximum atomic E-state index is 12.5. The molecular weight excluding hydrogens is 335 g/mol. The highest BCUT2D eigenvalue weighted by Gasteiger charge is 2.30. The van der Waals surface area contributed by atoms with Crippen LogP contribution in [-0.2, 0) is 12.7 Å². The van der Waals surface area contributed by atoms with Crippen molar-refractivity contribution in [2.45, 2.75) is 12.7 Å². The first-order valence-electron chi connectivity index (χ1n) is 6.22. The van der Waals surface area contributed by atoms with Gasteiger partial charge in [-0.25, -0.2) is 4.98 Å². The lowest BCUT2D eigenvalue weighted by Gasteiger charge is -2.06. The lowest BCUT2D eigenvalue weighted by molar-refractivity contribution is -0.137. The molecule has 0 radical (unpaired) electrons. The van der Waals surface area contributed by atoms with Gasteiger partial charge in [0.25, 0.3) is 0 Å². The molecule has 0 aliphatic heterocycles. The molecule has 1 aromatic carbocycles. The summed E-state index contributed by atoms with van der Waals surface area (Å²) in [5.41, 5.74) is 0.765. The maximum absolute atomic E-state index is 12.5. The van der Waals surface area contributed by atoms with Crippen molar-refractivity contribution in [2.75, 3.05) is 0 Å². The van der Waals surface area contributed by atoms with E-state index in [1.807, 2.05) is 5.38 Å². The van der Waals surface area contributed by atoms with Crippen LogP contribution in [0.2, 0.25) is 5.02 Å². The first-order chi connectivity index (χ1) is 10.4. The highest BCUT2D eigenvalue weighted by atomic mass is 35.5. The van der Waals surface area contributed by atoms with E-state index in [9.17, 15) is 13.2 Å². The van der Waals surface area contributed by atoms with Crippen molar-refractivity contribution in [3.8, 4) is 10.6 Å². The summed E-state index contributed by atoms with van der Waals surface area (Å²) in [6.45, 7) is 0.462. The molecule has 0 saturated carbocycles. The Morgan fingerprint density at radius 2 is 1.91 bits per heavy atom. The molecule has 0 bridgehead atoms. The third kappa shape index (κ3) is 3.31. The summed E-state index contributed by atoms with van der Waals surface area (Å²) >= 11 is 7.16. The van der Waals surface area contributed by atoms with E-state index in [2.05, 4.69) is 10.1 Å². The van der Waals surface area contributed by atoms with Gasteiger partial charge in [0, 0.05) is 17.1 Å². The number of hydrogen-bond acceptors (Lipinski definition) is 3. The van der Waals surface area contributed by atoms with Gasteiger partial charge in [-0.15, -0.1) is 11.3 Å². The van der Waals surface area contributed by atoms with E-state index < -0.39 is 11.7 Å². The predicted molar refractivity (Wildman–Crippen MR) is 78.9 cm³/mol. The molecule has 0 aliphatic carbocycles. The van der Waals surface area contributed by atoms with Gasteiger partial charge in [0.05, 0.1) is 29.0 Å². The van der Waals surface area contributed by atoms with E-state index >= 15 is 0 Å². The standard InChI is InChI=1S/C14H9ClF3N3S/c15-11-5-19-21(6-11)7-12-8-22-13(20-12)9-1-3-10(4-2-9)14(16,17)18/h1-6,8H,7H2. The average Bonchev–Trinajstić information content (AvgIpc) is 3.08. The Kier molecular flexibility index (Phi) is 3.92. The molecule has 2 aromatic heterocycles. The van der Waals surface area contributed by atoms with E-state index in [-0.39, 0.29) is 0 Å². The Morgan fingerprint density at radius 3 is 2.50 bits per heavy atom. The van der Waals surface area contributed by atoms with Crippen LogP contribution in [-0.4, -0.2) is 14.8 Å². The third-order valence-corrected chi connectivity index (χ3v) is 4.07. The third-order valence-electron chi connectivity index (χ3n) is 2.94. The largest absolute Gasteiger partial charge is 0.416 e. The number of nitrogens with zero attached hydrogens (tertiary/aromatic N) is 3. The highest BCUT2D eigenvalue weighted by molar-refractivity contribution is 7.13. The summed E-state index contributed by atoms with van der Waals surface area (Å²) in [6, 6.07) is 4.97. The van der Waals surface area contributed by atoms with Crippen LogP contribution in [0, 0.1) is 0 Å². The molecule has 22 heavy (non-hydrogen) atoms. The second-order valence-corrected chi connectivity index (χ2v) is 5.87. The highest BCUT2D eigenvalue weighted by Crippen LogP contribution is 2.31. The summed E-state index contributed by atoms with van der Waals surface area (Å²) < 4.78 is 39.3. The van der Waals surface area contributed by atoms with E-state index in [0.29, 0.717) is 22.1 Å². The van der Waals surface area contributed by atoms with Crippen LogP contribution in [0.4, 0.5) is 13.2 Å². The van der Waals surface area contributed by atoms with E-state index in [1.165, 1.54) is 29.7 Å². The van der Waals surface area contributed by atoms with Crippen LogP contribution < -0.4 is 0 Å². The van der Waals surface area contributed by atoms with Gasteiger partial charge in [0.15, 0.2) is 0 Å². The van der Waals surface area contributed by atoms with Crippen molar-refractivity contribution in [1.82, 2.24) is 14.8 Å². The van der Waals surface area contributed by atoms with Gasteiger partial charge in [-0.05, 0) is 12.1 Å². The molecule has 3 rings (SSSR count). The molecule has 0 atom stereocenters. The lowest BCUT2D eigenvalue weighted by Crippen LogP contribution is -2.04. The van der Waals surface area contributed by atoms with Crippen LogP contribution in [0.1, 0.15) is 11.3 Å². The number of aromatic nitrogens is 3. The Balaban J connectivity index is 1.78. The molecule has 0 aliphatic rings. The minimum absolute atomic E-state index is 0.462. The van der Waals surface area contributed by atoms with Crippen LogP contribution in [0.5, 0.6) is 0 Å². The van der Waals surface area contributed by atoms with E-state index in [0.717, 1.165) is 17.8 Å². The van der Waals surface area contributed by atoms with Gasteiger partial charge < -0.3 is 0 Å². The monoisotopic (exact) mass is 343 g/mol. The molecule has 3 aromatic rings. The van der Waals surface area contributed by atoms with Crippen molar-refractivity contribution in [3.05, 3.63) is 58.3 Å². The zero-order chi connectivity index (χ0) is 15.7. The Hall–Kier alpha value is -1.86. The number of alkyl halides is 3. The second-order valence-electron chi connectivity index (χ2n) is 4.58. The van der Waals surface area contributed by atoms with E-state index in [1.54, 1.807) is 10.9 Å². The summed E-state index contributed by atoms with van der Waals surface area (Å²) in [7, 11) is 0. The molecule has 3 nitrogen and oxygen atoms in total. The molecule has 0 N–H and O–H groups in total. The van der Waals surface area contributed by atoms with Gasteiger partial charge in [-0.2, -0.15) is 18.3 Å². The van der Waals surface area contributed by atoms with Crippen molar-refractivity contribution in [2.24, 2.45) is 0 Å². The van der Waals surface area contributed by atoms with Gasteiger partial charge in [0.2, 0.25) is 0 Å². The number of hydrogen-bond donors (Lipinski definition) is 0. The SMILES string of the molecule is FC(F)(F)c1ccc(-c2nc(Cn3cc(Cl)cn3)cs2)cc1. The summed E-state index contributed by atoms with van der Waals surface area (Å²) in [5, 5.41) is 7.11. The quantitative estimate of drug-likeness (QED) is 0.688. The molecule has 0 fully saturated rings. The molecule has 0 amide bonds. The fourth-order valence-corrected chi connectivity index (χ4v) is 2.88. The molecule has 0 unspecified atom stereocenters. The lowest BCUT2D eigenvalue weighted by atomic mass is 10.1. The van der Waals surface area contributed by atoms with Gasteiger partial charge in [-0.3, -0.25) is 4.68 Å². The summed E-state index contributed by atoms with van der Waals surface area (Å²) in [5.74, 6) is 0. The van der Waals surface area contributed by atoms with E-state index in [4.69, 9.17) is 11.6 Å². The van der Waals surface area contributed by atoms with Crippen LogP contribution >= 0.6 is 22.9 Å². The number of benzene rings is 1. The zero-order valence-electron chi connectivity index (χ0n) is 11.0. The molecule has 0 spiro atoms. The first-order valence-corrected chi connectivity index (χ1v) is 7.47. The first kappa shape index (κ1) is 15.1. The minimum Gasteiger partial charge on any atom is -0.265 e. The molecular formula is C14H9ClF3N3S. The van der Waals surface area contributed by atoms with Crippen molar-refractivity contribution in [3.63, 3.8) is 0 Å². The maximum Gasteiger partial charge on any atom is 0.416 e. The average molecular weight is 344 g/mol. The fourth-order valence-electron chi connectivity index (χ4n) is 1.90. The van der Waals surface area contributed by atoms with Crippen molar-refractivity contribution < 1.29 is 13.2 Å². The normalized spacial score (nSPS) is 11.8. The number of thiazole rings is 1. The Morgan fingerprint density at radius 1 is 1.18 bits per heavy atom. The Labute approximate surface area is 133 Å². The van der Waals surface area contributed by atoms with Crippen LogP contribution in [0.3, 0.4) is 0 Å². The smallest absolute Gasteiger partial charge is 0.265 e. The second kappa shape index (κ2) is 5.73. The van der Waals surface area contributed by atoms with Gasteiger partial charge in [-0.1, -0.05) is 23.7 Å². The number of halogens is 4. The topological polar surface area (TPSA) is 30.7 Å². The molecule has 8 heteroatoms. The predicted octanol–water partition coefficient (Wildman–Crippen LogP) is 4.73.